The number of hydrogen-bond acceptors (Lipinski definition) is 4. The van der Waals surface area contributed by atoms with Crippen LogP contribution >= 0.6 is 0 Å². The molecule has 2 bridgehead atoms. The molecule has 4 atom stereocenters. The number of halogens is 2. The third kappa shape index (κ3) is 3.80. The van der Waals surface area contributed by atoms with Gasteiger partial charge >= 0.3 is 5.97 Å². The minimum Gasteiger partial charge on any atom is -0.469 e. The lowest BCUT2D eigenvalue weighted by atomic mass is 9.88. The Balaban J connectivity index is 1.67. The Morgan fingerprint density at radius 1 is 1.00 bits per heavy atom. The van der Waals surface area contributed by atoms with Crippen LogP contribution in [0.5, 0.6) is 0 Å². The predicted octanol–water partition coefficient (Wildman–Crippen LogP) is 3.75. The van der Waals surface area contributed by atoms with Crippen LogP contribution in [0, 0.1) is 17.6 Å². The first-order valence-electron chi connectivity index (χ1n) is 9.55. The van der Waals surface area contributed by atoms with Gasteiger partial charge in [-0.2, -0.15) is 0 Å². The van der Waals surface area contributed by atoms with Crippen LogP contribution in [-0.2, 0) is 14.3 Å². The summed E-state index contributed by atoms with van der Waals surface area (Å²) in [6.07, 6.45) is 1.72. The number of piperidine rings is 1. The maximum absolute atomic E-state index is 13.4. The fraction of sp³-hybridized carbons (Fsp3) is 0.409. The number of hydrogen-bond donors (Lipinski definition) is 1. The minimum atomic E-state index is -0.532. The van der Waals surface area contributed by atoms with Gasteiger partial charge in [0.2, 0.25) is 0 Å². The van der Waals surface area contributed by atoms with Crippen LogP contribution in [0.3, 0.4) is 0 Å². The average molecular weight is 387 g/mol. The van der Waals surface area contributed by atoms with Gasteiger partial charge in [0.1, 0.15) is 17.7 Å². The van der Waals surface area contributed by atoms with Crippen molar-refractivity contribution in [3.63, 3.8) is 0 Å². The number of benzene rings is 2. The molecular weight excluding hydrogens is 364 g/mol. The van der Waals surface area contributed by atoms with E-state index in [9.17, 15) is 13.6 Å². The second-order valence-electron chi connectivity index (χ2n) is 7.49. The van der Waals surface area contributed by atoms with Crippen molar-refractivity contribution in [1.82, 2.24) is 5.32 Å². The summed E-state index contributed by atoms with van der Waals surface area (Å²) in [5.74, 6) is -1.38. The van der Waals surface area contributed by atoms with Crippen molar-refractivity contribution in [3.05, 3.63) is 71.3 Å². The van der Waals surface area contributed by atoms with Gasteiger partial charge in [0, 0.05) is 12.1 Å². The molecule has 6 heteroatoms. The van der Waals surface area contributed by atoms with Crippen molar-refractivity contribution in [1.29, 1.82) is 0 Å². The van der Waals surface area contributed by atoms with Crippen LogP contribution in [-0.4, -0.2) is 31.3 Å². The number of esters is 1. The van der Waals surface area contributed by atoms with E-state index in [0.29, 0.717) is 12.5 Å². The first-order chi connectivity index (χ1) is 13.5. The van der Waals surface area contributed by atoms with Crippen LogP contribution in [0.15, 0.2) is 48.5 Å². The predicted molar refractivity (Wildman–Crippen MR) is 99.6 cm³/mol. The highest BCUT2D eigenvalue weighted by molar-refractivity contribution is 5.74. The third-order valence-corrected chi connectivity index (χ3v) is 5.76. The summed E-state index contributed by atoms with van der Waals surface area (Å²) in [4.78, 5) is 12.5. The van der Waals surface area contributed by atoms with Gasteiger partial charge < -0.3 is 14.8 Å². The van der Waals surface area contributed by atoms with E-state index in [1.165, 1.54) is 31.4 Å². The molecule has 1 N–H and O–H groups in total. The van der Waals surface area contributed by atoms with Crippen molar-refractivity contribution in [2.24, 2.45) is 5.92 Å². The molecule has 2 saturated heterocycles. The van der Waals surface area contributed by atoms with E-state index in [2.05, 4.69) is 5.32 Å². The molecule has 0 amide bonds. The van der Waals surface area contributed by atoms with Crippen molar-refractivity contribution in [2.45, 2.75) is 43.6 Å². The van der Waals surface area contributed by atoms with E-state index in [1.54, 1.807) is 24.3 Å². The minimum absolute atomic E-state index is 0.0262. The molecular formula is C22H23F2NO3. The fourth-order valence-corrected chi connectivity index (χ4v) is 4.40. The molecule has 2 aliphatic heterocycles. The number of methoxy groups -OCH3 is 1. The van der Waals surface area contributed by atoms with Crippen molar-refractivity contribution < 1.29 is 23.0 Å². The Labute approximate surface area is 162 Å². The molecule has 0 aliphatic carbocycles. The monoisotopic (exact) mass is 387 g/mol. The molecule has 0 radical (unpaired) electrons. The first-order valence-corrected chi connectivity index (χ1v) is 9.55. The Morgan fingerprint density at radius 3 is 2.11 bits per heavy atom. The first kappa shape index (κ1) is 19.0. The Morgan fingerprint density at radius 2 is 1.57 bits per heavy atom. The summed E-state index contributed by atoms with van der Waals surface area (Å²) < 4.78 is 38.4. The topological polar surface area (TPSA) is 47.6 Å². The van der Waals surface area contributed by atoms with E-state index in [0.717, 1.165) is 24.0 Å². The number of fused-ring (bicyclic) bond motifs is 2. The molecule has 0 aromatic heterocycles. The summed E-state index contributed by atoms with van der Waals surface area (Å²) in [6, 6.07) is 12.5. The summed E-state index contributed by atoms with van der Waals surface area (Å²) >= 11 is 0. The average Bonchev–Trinajstić information content (AvgIpc) is 3.08. The van der Waals surface area contributed by atoms with Gasteiger partial charge in [-0.05, 0) is 54.7 Å². The van der Waals surface area contributed by atoms with E-state index < -0.39 is 12.0 Å². The normalized spacial score (nSPS) is 26.4. The Hall–Kier alpha value is -2.31. The maximum Gasteiger partial charge on any atom is 0.312 e. The van der Waals surface area contributed by atoms with Gasteiger partial charge in [-0.1, -0.05) is 24.3 Å². The van der Waals surface area contributed by atoms with Gasteiger partial charge in [-0.25, -0.2) is 8.78 Å². The molecule has 2 aromatic carbocycles. The van der Waals surface area contributed by atoms with E-state index >= 15 is 0 Å². The summed E-state index contributed by atoms with van der Waals surface area (Å²) in [7, 11) is 1.39. The fourth-order valence-electron chi connectivity index (χ4n) is 4.40. The zero-order valence-electron chi connectivity index (χ0n) is 15.6. The highest BCUT2D eigenvalue weighted by Gasteiger charge is 2.47. The summed E-state index contributed by atoms with van der Waals surface area (Å²) in [5.41, 5.74) is 1.50. The Kier molecular flexibility index (Phi) is 5.42. The molecule has 28 heavy (non-hydrogen) atoms. The van der Waals surface area contributed by atoms with Crippen molar-refractivity contribution in [2.75, 3.05) is 7.11 Å². The molecule has 2 aromatic rings. The van der Waals surface area contributed by atoms with Gasteiger partial charge in [-0.3, -0.25) is 4.79 Å². The molecule has 4 rings (SSSR count). The molecule has 0 saturated carbocycles. The van der Waals surface area contributed by atoms with E-state index in [-0.39, 0.29) is 29.7 Å². The highest BCUT2D eigenvalue weighted by Crippen LogP contribution is 2.38. The van der Waals surface area contributed by atoms with Gasteiger partial charge in [0.15, 0.2) is 0 Å². The number of rotatable bonds is 5. The number of nitrogens with one attached hydrogen (secondary N) is 1. The second-order valence-corrected chi connectivity index (χ2v) is 7.49. The molecule has 148 valence electrons. The quantitative estimate of drug-likeness (QED) is 0.794. The molecule has 4 nitrogen and oxygen atoms in total. The largest absolute Gasteiger partial charge is 0.469 e. The lowest BCUT2D eigenvalue weighted by Crippen LogP contribution is -2.52. The van der Waals surface area contributed by atoms with Crippen LogP contribution < -0.4 is 5.32 Å². The smallest absolute Gasteiger partial charge is 0.312 e. The Bertz CT molecular complexity index is 779. The third-order valence-electron chi connectivity index (χ3n) is 5.76. The molecule has 2 unspecified atom stereocenters. The van der Waals surface area contributed by atoms with Crippen LogP contribution in [0.25, 0.3) is 0 Å². The zero-order valence-corrected chi connectivity index (χ0v) is 15.6. The van der Waals surface area contributed by atoms with Crippen LogP contribution in [0.4, 0.5) is 8.78 Å². The second kappa shape index (κ2) is 7.97. The molecule has 2 aliphatic rings. The standard InChI is InChI=1S/C22H23F2NO3/c1-27-22(26)20-18-11-10-17(25-18)12-19(20)28-21(13-2-6-15(23)7-3-13)14-4-8-16(24)9-5-14/h2-9,17-21,25H,10-12H2,1H3/t17?,18?,19-,20+/m0/s1. The summed E-state index contributed by atoms with van der Waals surface area (Å²) in [6.45, 7) is 0. The van der Waals surface area contributed by atoms with Crippen LogP contribution in [0.2, 0.25) is 0 Å². The molecule has 2 fully saturated rings. The highest BCUT2D eigenvalue weighted by atomic mass is 19.1. The zero-order chi connectivity index (χ0) is 19.7. The van der Waals surface area contributed by atoms with Gasteiger partial charge in [-0.15, -0.1) is 0 Å². The summed E-state index contributed by atoms with van der Waals surface area (Å²) in [5, 5.41) is 3.47. The van der Waals surface area contributed by atoms with Gasteiger partial charge in [0.05, 0.1) is 19.1 Å². The van der Waals surface area contributed by atoms with Crippen molar-refractivity contribution >= 4 is 5.97 Å². The lowest BCUT2D eigenvalue weighted by molar-refractivity contribution is -0.157. The van der Waals surface area contributed by atoms with Crippen molar-refractivity contribution in [3.8, 4) is 0 Å². The molecule has 0 spiro atoms. The maximum atomic E-state index is 13.4. The van der Waals surface area contributed by atoms with Crippen LogP contribution in [0.1, 0.15) is 36.5 Å². The van der Waals surface area contributed by atoms with Gasteiger partial charge in [0.25, 0.3) is 0 Å². The lowest BCUT2D eigenvalue weighted by Gasteiger charge is -2.37. The molecule has 2 heterocycles. The SMILES string of the molecule is COC(=O)[C@@H]1C2CCC(C[C@@H]1OC(c1ccc(F)cc1)c1ccc(F)cc1)N2. The number of carbonyl (C=O) groups is 1. The number of ether oxygens (including phenoxy) is 2. The number of carbonyl (C=O) groups excluding carboxylic acids is 1. The van der Waals surface area contributed by atoms with E-state index in [1.807, 2.05) is 0 Å². The van der Waals surface area contributed by atoms with E-state index in [4.69, 9.17) is 9.47 Å².